The summed E-state index contributed by atoms with van der Waals surface area (Å²) in [5.74, 6) is -0.981. The maximum absolute atomic E-state index is 10.4. The van der Waals surface area contributed by atoms with Crippen LogP contribution in [0.5, 0.6) is 0 Å². The van der Waals surface area contributed by atoms with E-state index in [1.165, 1.54) is 12.3 Å². The van der Waals surface area contributed by atoms with Crippen LogP contribution in [0.25, 0.3) is 0 Å². The molecule has 1 N–H and O–H groups in total. The third kappa shape index (κ3) is 2.00. The van der Waals surface area contributed by atoms with Gasteiger partial charge in [0.05, 0.1) is 10.0 Å². The molecule has 11 heavy (non-hydrogen) atoms. The Kier molecular flexibility index (Phi) is 2.62. The minimum Gasteiger partial charge on any atom is -0.478 e. The Bertz CT molecular complexity index is 301. The summed E-state index contributed by atoms with van der Waals surface area (Å²) >= 11 is 6.27. The Morgan fingerprint density at radius 2 is 2.18 bits per heavy atom. The van der Waals surface area contributed by atoms with Gasteiger partial charge in [-0.3, -0.25) is 0 Å². The van der Waals surface area contributed by atoms with Gasteiger partial charge >= 0.3 is 5.97 Å². The van der Waals surface area contributed by atoms with Gasteiger partial charge in [0.15, 0.2) is 0 Å². The molecule has 0 amide bonds. The Morgan fingerprint density at radius 3 is 2.64 bits per heavy atom. The molecule has 0 aliphatic carbocycles. The second-order valence-electron chi connectivity index (χ2n) is 1.80. The van der Waals surface area contributed by atoms with Crippen LogP contribution in [0.4, 0.5) is 0 Å². The van der Waals surface area contributed by atoms with Crippen LogP contribution < -0.4 is 0 Å². The van der Waals surface area contributed by atoms with Crippen LogP contribution in [0.1, 0.15) is 10.4 Å². The average Bonchev–Trinajstić information content (AvgIpc) is 1.94. The molecule has 0 atom stereocenters. The van der Waals surface area contributed by atoms with Gasteiger partial charge < -0.3 is 5.11 Å². The van der Waals surface area contributed by atoms with E-state index in [0.29, 0.717) is 9.08 Å². The highest BCUT2D eigenvalue weighted by Gasteiger charge is 2.05. The van der Waals surface area contributed by atoms with Crippen molar-refractivity contribution in [1.29, 1.82) is 0 Å². The highest BCUT2D eigenvalue weighted by molar-refractivity contribution is 9.13. The van der Waals surface area contributed by atoms with Gasteiger partial charge in [0.1, 0.15) is 4.60 Å². The molecule has 0 spiro atoms. The summed E-state index contributed by atoms with van der Waals surface area (Å²) < 4.78 is 1.24. The molecule has 3 nitrogen and oxygen atoms in total. The summed E-state index contributed by atoms with van der Waals surface area (Å²) in [4.78, 5) is 14.2. The molecular formula is C6H3Br2NO2. The highest BCUT2D eigenvalue weighted by atomic mass is 79.9. The molecule has 0 radical (unpaired) electrons. The van der Waals surface area contributed by atoms with Crippen molar-refractivity contribution < 1.29 is 9.90 Å². The van der Waals surface area contributed by atoms with Crippen LogP contribution in [0, 0.1) is 0 Å². The van der Waals surface area contributed by atoms with Crippen LogP contribution in [0.15, 0.2) is 21.3 Å². The molecule has 1 rings (SSSR count). The molecular weight excluding hydrogens is 278 g/mol. The van der Waals surface area contributed by atoms with Crippen molar-refractivity contribution in [2.45, 2.75) is 0 Å². The first kappa shape index (κ1) is 8.67. The molecule has 0 aromatic carbocycles. The van der Waals surface area contributed by atoms with Crippen LogP contribution in [0.2, 0.25) is 0 Å². The number of halogens is 2. The van der Waals surface area contributed by atoms with E-state index < -0.39 is 5.97 Å². The molecule has 0 bridgehead atoms. The fraction of sp³-hybridized carbons (Fsp3) is 0. The number of aromatic carboxylic acids is 1. The average molecular weight is 281 g/mol. The lowest BCUT2D eigenvalue weighted by atomic mass is 10.3. The Labute approximate surface area is 79.7 Å². The van der Waals surface area contributed by atoms with Gasteiger partial charge in [-0.25, -0.2) is 9.78 Å². The molecule has 0 aliphatic heterocycles. The van der Waals surface area contributed by atoms with Crippen LogP contribution in [-0.4, -0.2) is 16.1 Å². The molecule has 0 unspecified atom stereocenters. The maximum atomic E-state index is 10.4. The number of hydrogen-bond donors (Lipinski definition) is 1. The largest absolute Gasteiger partial charge is 0.478 e. The van der Waals surface area contributed by atoms with Gasteiger partial charge in [-0.05, 0) is 37.9 Å². The topological polar surface area (TPSA) is 50.2 Å². The van der Waals surface area contributed by atoms with Gasteiger partial charge in [-0.1, -0.05) is 0 Å². The fourth-order valence-corrected chi connectivity index (χ4v) is 1.10. The van der Waals surface area contributed by atoms with Gasteiger partial charge in [0.25, 0.3) is 0 Å². The fourth-order valence-electron chi connectivity index (χ4n) is 0.538. The van der Waals surface area contributed by atoms with Crippen LogP contribution in [0.3, 0.4) is 0 Å². The lowest BCUT2D eigenvalue weighted by molar-refractivity contribution is 0.0696. The van der Waals surface area contributed by atoms with E-state index in [4.69, 9.17) is 5.11 Å². The number of pyridine rings is 1. The minimum atomic E-state index is -0.981. The predicted molar refractivity (Wildman–Crippen MR) is 46.6 cm³/mol. The number of rotatable bonds is 1. The standard InChI is InChI=1S/C6H3Br2NO2/c7-4-1-3(6(10)11)2-9-5(4)8/h1-2H,(H,10,11). The lowest BCUT2D eigenvalue weighted by Crippen LogP contribution is -1.96. The number of nitrogens with zero attached hydrogens (tertiary/aromatic N) is 1. The zero-order valence-electron chi connectivity index (χ0n) is 5.21. The molecule has 0 aliphatic rings. The van der Waals surface area contributed by atoms with E-state index in [1.807, 2.05) is 0 Å². The van der Waals surface area contributed by atoms with E-state index >= 15 is 0 Å². The Balaban J connectivity index is 3.15. The van der Waals surface area contributed by atoms with Crippen molar-refractivity contribution in [3.05, 3.63) is 26.9 Å². The number of hydrogen-bond acceptors (Lipinski definition) is 2. The normalized spacial score (nSPS) is 9.64. The maximum Gasteiger partial charge on any atom is 0.337 e. The quantitative estimate of drug-likeness (QED) is 0.803. The summed E-state index contributed by atoms with van der Waals surface area (Å²) in [6, 6.07) is 1.49. The van der Waals surface area contributed by atoms with Crippen LogP contribution >= 0.6 is 31.9 Å². The van der Waals surface area contributed by atoms with Gasteiger partial charge in [0.2, 0.25) is 0 Å². The van der Waals surface area contributed by atoms with E-state index in [0.717, 1.165) is 0 Å². The minimum absolute atomic E-state index is 0.167. The van der Waals surface area contributed by atoms with E-state index in [9.17, 15) is 4.79 Å². The lowest BCUT2D eigenvalue weighted by Gasteiger charge is -1.95. The second-order valence-corrected chi connectivity index (χ2v) is 3.41. The summed E-state index contributed by atoms with van der Waals surface area (Å²) in [5, 5.41) is 8.52. The monoisotopic (exact) mass is 279 g/mol. The molecule has 5 heteroatoms. The second kappa shape index (κ2) is 3.32. The SMILES string of the molecule is O=C(O)c1cnc(Br)c(Br)c1. The number of carboxylic acids is 1. The van der Waals surface area contributed by atoms with E-state index in [2.05, 4.69) is 36.8 Å². The Hall–Kier alpha value is -0.420. The van der Waals surface area contributed by atoms with Gasteiger partial charge in [0, 0.05) is 6.20 Å². The van der Waals surface area contributed by atoms with E-state index in [1.54, 1.807) is 0 Å². The van der Waals surface area contributed by atoms with Crippen molar-refractivity contribution in [2.75, 3.05) is 0 Å². The number of carboxylic acid groups (broad SMARTS) is 1. The van der Waals surface area contributed by atoms with Gasteiger partial charge in [-0.2, -0.15) is 0 Å². The first-order valence-electron chi connectivity index (χ1n) is 2.65. The molecule has 0 fully saturated rings. The molecule has 1 aromatic heterocycles. The highest BCUT2D eigenvalue weighted by Crippen LogP contribution is 2.20. The van der Waals surface area contributed by atoms with Crippen molar-refractivity contribution in [3.8, 4) is 0 Å². The Morgan fingerprint density at radius 1 is 1.55 bits per heavy atom. The number of aromatic nitrogens is 1. The smallest absolute Gasteiger partial charge is 0.337 e. The molecule has 58 valence electrons. The summed E-state index contributed by atoms with van der Waals surface area (Å²) in [6.07, 6.45) is 1.29. The molecule has 0 saturated carbocycles. The third-order valence-electron chi connectivity index (χ3n) is 1.04. The predicted octanol–water partition coefficient (Wildman–Crippen LogP) is 2.30. The summed E-state index contributed by atoms with van der Waals surface area (Å²) in [6.45, 7) is 0. The van der Waals surface area contributed by atoms with Crippen molar-refractivity contribution in [3.63, 3.8) is 0 Å². The van der Waals surface area contributed by atoms with Crippen molar-refractivity contribution >= 4 is 37.8 Å². The zero-order chi connectivity index (χ0) is 8.43. The third-order valence-corrected chi connectivity index (χ3v) is 2.81. The summed E-state index contributed by atoms with van der Waals surface area (Å²) in [7, 11) is 0. The molecule has 0 saturated heterocycles. The first-order valence-corrected chi connectivity index (χ1v) is 4.24. The first-order chi connectivity index (χ1) is 5.11. The zero-order valence-corrected chi connectivity index (χ0v) is 8.39. The summed E-state index contributed by atoms with van der Waals surface area (Å²) in [5.41, 5.74) is 0.167. The molecule has 1 aromatic rings. The van der Waals surface area contributed by atoms with Crippen molar-refractivity contribution in [2.24, 2.45) is 0 Å². The van der Waals surface area contributed by atoms with Crippen molar-refractivity contribution in [1.82, 2.24) is 4.98 Å². The van der Waals surface area contributed by atoms with Gasteiger partial charge in [-0.15, -0.1) is 0 Å². The van der Waals surface area contributed by atoms with E-state index in [-0.39, 0.29) is 5.56 Å². The molecule has 1 heterocycles. The number of carbonyl (C=O) groups is 1. The van der Waals surface area contributed by atoms with Crippen LogP contribution in [-0.2, 0) is 0 Å².